The number of anilines is 1. The highest BCUT2D eigenvalue weighted by Gasteiger charge is 2.31. The predicted octanol–water partition coefficient (Wildman–Crippen LogP) is 1.54. The zero-order valence-electron chi connectivity index (χ0n) is 9.24. The first kappa shape index (κ1) is 11.1. The highest BCUT2D eigenvalue weighted by Crippen LogP contribution is 2.22. The second kappa shape index (κ2) is 4.61. The molecule has 0 spiro atoms. The molecule has 2 rings (SSSR count). The fourth-order valence-electron chi connectivity index (χ4n) is 2.02. The number of hydrogen-bond donors (Lipinski definition) is 1. The first-order valence-corrected chi connectivity index (χ1v) is 5.52. The van der Waals surface area contributed by atoms with E-state index < -0.39 is 0 Å². The largest absolute Gasteiger partial charge is 0.311 e. The maximum absolute atomic E-state index is 13.0. The number of amides is 1. The van der Waals surface area contributed by atoms with Crippen LogP contribution in [0.4, 0.5) is 10.1 Å². The van der Waals surface area contributed by atoms with Crippen molar-refractivity contribution in [2.45, 2.75) is 19.4 Å². The third kappa shape index (κ3) is 2.07. The lowest BCUT2D eigenvalue weighted by atomic mass is 10.2. The van der Waals surface area contributed by atoms with Gasteiger partial charge in [0.2, 0.25) is 5.91 Å². The normalized spacial score (nSPS) is 20.5. The Labute approximate surface area is 94.3 Å². The molecule has 1 amide bonds. The van der Waals surface area contributed by atoms with Crippen LogP contribution in [0.3, 0.4) is 0 Å². The van der Waals surface area contributed by atoms with E-state index in [1.54, 1.807) is 17.0 Å². The number of hydrogen-bond acceptors (Lipinski definition) is 2. The van der Waals surface area contributed by atoms with Crippen molar-refractivity contribution in [3.05, 3.63) is 30.1 Å². The average Bonchev–Trinajstić information content (AvgIpc) is 2.61. The molecular weight excluding hydrogens is 207 g/mol. The van der Waals surface area contributed by atoms with Gasteiger partial charge in [-0.15, -0.1) is 0 Å². The summed E-state index contributed by atoms with van der Waals surface area (Å²) in [6, 6.07) is 6.04. The van der Waals surface area contributed by atoms with E-state index in [4.69, 9.17) is 0 Å². The van der Waals surface area contributed by atoms with E-state index in [-0.39, 0.29) is 17.8 Å². The van der Waals surface area contributed by atoms with Gasteiger partial charge < -0.3 is 10.2 Å². The summed E-state index contributed by atoms with van der Waals surface area (Å²) in [5.74, 6) is -0.273. The number of carbonyl (C=O) groups is 1. The van der Waals surface area contributed by atoms with Gasteiger partial charge >= 0.3 is 0 Å². The Morgan fingerprint density at radius 3 is 3.06 bits per heavy atom. The van der Waals surface area contributed by atoms with Crippen LogP contribution in [0.15, 0.2) is 24.3 Å². The summed E-state index contributed by atoms with van der Waals surface area (Å²) in [4.78, 5) is 13.6. The number of benzene rings is 1. The molecule has 0 bridgehead atoms. The van der Waals surface area contributed by atoms with E-state index in [1.807, 2.05) is 6.92 Å². The molecule has 1 aliphatic rings. The molecular formula is C12H15FN2O. The van der Waals surface area contributed by atoms with E-state index in [9.17, 15) is 9.18 Å². The van der Waals surface area contributed by atoms with Gasteiger partial charge in [0.25, 0.3) is 0 Å². The minimum Gasteiger partial charge on any atom is -0.311 e. The fourth-order valence-corrected chi connectivity index (χ4v) is 2.02. The summed E-state index contributed by atoms with van der Waals surface area (Å²) in [5, 5.41) is 3.12. The van der Waals surface area contributed by atoms with Crippen molar-refractivity contribution in [3.63, 3.8) is 0 Å². The second-order valence-electron chi connectivity index (χ2n) is 3.87. The summed E-state index contributed by atoms with van der Waals surface area (Å²) in [6.07, 6.45) is 0.781. The molecule has 1 heterocycles. The zero-order chi connectivity index (χ0) is 11.5. The van der Waals surface area contributed by atoms with Crippen LogP contribution in [0.1, 0.15) is 13.3 Å². The Bertz CT molecular complexity index is 394. The maximum atomic E-state index is 13.0. The number of nitrogens with zero attached hydrogens (tertiary/aromatic N) is 1. The minimum absolute atomic E-state index is 0.0347. The summed E-state index contributed by atoms with van der Waals surface area (Å²) in [5.41, 5.74) is 0.644. The summed E-state index contributed by atoms with van der Waals surface area (Å²) in [7, 11) is 0. The van der Waals surface area contributed by atoms with Crippen molar-refractivity contribution in [2.24, 2.45) is 0 Å². The quantitative estimate of drug-likeness (QED) is 0.841. The molecule has 16 heavy (non-hydrogen) atoms. The van der Waals surface area contributed by atoms with E-state index in [2.05, 4.69) is 5.32 Å². The predicted molar refractivity (Wildman–Crippen MR) is 60.8 cm³/mol. The van der Waals surface area contributed by atoms with Crippen LogP contribution in [-0.2, 0) is 4.79 Å². The number of nitrogens with one attached hydrogen (secondary N) is 1. The molecule has 0 radical (unpaired) electrons. The van der Waals surface area contributed by atoms with Crippen LogP contribution in [0.5, 0.6) is 0 Å². The lowest BCUT2D eigenvalue weighted by molar-refractivity contribution is -0.118. The molecule has 4 heteroatoms. The van der Waals surface area contributed by atoms with Crippen molar-refractivity contribution in [3.8, 4) is 0 Å². The smallest absolute Gasteiger partial charge is 0.244 e. The molecule has 1 aliphatic heterocycles. The molecule has 0 saturated carbocycles. The van der Waals surface area contributed by atoms with Crippen molar-refractivity contribution in [1.82, 2.24) is 5.32 Å². The summed E-state index contributed by atoms with van der Waals surface area (Å²) in [6.45, 7) is 3.39. The molecule has 0 aromatic heterocycles. The topological polar surface area (TPSA) is 32.3 Å². The highest BCUT2D eigenvalue weighted by molar-refractivity contribution is 5.99. The Morgan fingerprint density at radius 1 is 1.56 bits per heavy atom. The van der Waals surface area contributed by atoms with Crippen molar-refractivity contribution in [2.75, 3.05) is 18.0 Å². The number of halogens is 1. The lowest BCUT2D eigenvalue weighted by Gasteiger charge is -2.16. The number of rotatable bonds is 3. The van der Waals surface area contributed by atoms with Gasteiger partial charge in [0.05, 0.1) is 6.04 Å². The van der Waals surface area contributed by atoms with Crippen molar-refractivity contribution in [1.29, 1.82) is 0 Å². The van der Waals surface area contributed by atoms with Crippen LogP contribution in [-0.4, -0.2) is 25.0 Å². The van der Waals surface area contributed by atoms with Crippen molar-refractivity contribution < 1.29 is 9.18 Å². The van der Waals surface area contributed by atoms with E-state index in [1.165, 1.54) is 12.1 Å². The Hall–Kier alpha value is -1.42. The Morgan fingerprint density at radius 2 is 2.38 bits per heavy atom. The van der Waals surface area contributed by atoms with Crippen LogP contribution < -0.4 is 10.2 Å². The highest BCUT2D eigenvalue weighted by atomic mass is 19.1. The van der Waals surface area contributed by atoms with Gasteiger partial charge in [-0.05, 0) is 31.2 Å². The number of likely N-dealkylation sites (N-methyl/N-ethyl adjacent to an activating group) is 1. The standard InChI is InChI=1S/C12H15FN2O/c1-2-14-11-6-7-15(12(11)16)10-5-3-4-9(13)8-10/h3-5,8,11,14H,2,6-7H2,1H3. The van der Waals surface area contributed by atoms with Gasteiger partial charge in [0, 0.05) is 12.2 Å². The van der Waals surface area contributed by atoms with Gasteiger partial charge in [-0.1, -0.05) is 13.0 Å². The lowest BCUT2D eigenvalue weighted by Crippen LogP contribution is -2.38. The van der Waals surface area contributed by atoms with Crippen LogP contribution in [0.25, 0.3) is 0 Å². The van der Waals surface area contributed by atoms with Gasteiger partial charge in [0.1, 0.15) is 5.82 Å². The molecule has 1 aromatic rings. The first-order valence-electron chi connectivity index (χ1n) is 5.52. The van der Waals surface area contributed by atoms with E-state index >= 15 is 0 Å². The molecule has 1 atom stereocenters. The summed E-state index contributed by atoms with van der Waals surface area (Å²) >= 11 is 0. The fraction of sp³-hybridized carbons (Fsp3) is 0.417. The summed E-state index contributed by atoms with van der Waals surface area (Å²) < 4.78 is 13.0. The minimum atomic E-state index is -0.308. The van der Waals surface area contributed by atoms with Gasteiger partial charge in [0.15, 0.2) is 0 Å². The van der Waals surface area contributed by atoms with Crippen LogP contribution in [0.2, 0.25) is 0 Å². The Balaban J connectivity index is 2.15. The number of carbonyl (C=O) groups excluding carboxylic acids is 1. The molecule has 86 valence electrons. The average molecular weight is 222 g/mol. The van der Waals surface area contributed by atoms with Gasteiger partial charge in [-0.2, -0.15) is 0 Å². The van der Waals surface area contributed by atoms with Crippen molar-refractivity contribution >= 4 is 11.6 Å². The molecule has 1 unspecified atom stereocenters. The molecule has 1 aromatic carbocycles. The zero-order valence-corrected chi connectivity index (χ0v) is 9.24. The van der Waals surface area contributed by atoms with E-state index in [0.29, 0.717) is 12.2 Å². The SMILES string of the molecule is CCNC1CCN(c2cccc(F)c2)C1=O. The maximum Gasteiger partial charge on any atom is 0.244 e. The third-order valence-corrected chi connectivity index (χ3v) is 2.78. The van der Waals surface area contributed by atoms with Crippen LogP contribution >= 0.6 is 0 Å². The second-order valence-corrected chi connectivity index (χ2v) is 3.87. The molecule has 0 aliphatic carbocycles. The Kier molecular flexibility index (Phi) is 3.19. The van der Waals surface area contributed by atoms with Gasteiger partial charge in [-0.25, -0.2) is 4.39 Å². The van der Waals surface area contributed by atoms with Gasteiger partial charge in [-0.3, -0.25) is 4.79 Å². The monoisotopic (exact) mass is 222 g/mol. The molecule has 1 N–H and O–H groups in total. The molecule has 3 nitrogen and oxygen atoms in total. The molecule has 1 saturated heterocycles. The molecule has 1 fully saturated rings. The van der Waals surface area contributed by atoms with E-state index in [0.717, 1.165) is 13.0 Å². The third-order valence-electron chi connectivity index (χ3n) is 2.78. The first-order chi connectivity index (χ1) is 7.72. The van der Waals surface area contributed by atoms with Crippen LogP contribution in [0, 0.1) is 5.82 Å².